The molecular weight excluding hydrogens is 188 g/mol. The summed E-state index contributed by atoms with van der Waals surface area (Å²) in [5.74, 6) is 0.220. The average molecular weight is 208 g/mol. The maximum Gasteiger partial charge on any atom is 0.211 e. The van der Waals surface area contributed by atoms with Crippen LogP contribution in [0.25, 0.3) is 0 Å². The number of unbranched alkanes of at least 4 members (excludes halogenated alkanes) is 1. The van der Waals surface area contributed by atoms with E-state index in [1.807, 2.05) is 14.0 Å². The fourth-order valence-corrected chi connectivity index (χ4v) is 2.04. The van der Waals surface area contributed by atoms with Gasteiger partial charge in [0, 0.05) is 6.54 Å². The molecule has 13 heavy (non-hydrogen) atoms. The maximum absolute atomic E-state index is 11.2. The van der Waals surface area contributed by atoms with Crippen LogP contribution in [0.5, 0.6) is 0 Å². The third-order valence-electron chi connectivity index (χ3n) is 1.69. The maximum atomic E-state index is 11.2. The van der Waals surface area contributed by atoms with Crippen molar-refractivity contribution in [3.63, 3.8) is 0 Å². The lowest BCUT2D eigenvalue weighted by atomic mass is 10.3. The van der Waals surface area contributed by atoms with Gasteiger partial charge in [0.05, 0.1) is 5.75 Å². The molecule has 0 saturated carbocycles. The lowest BCUT2D eigenvalue weighted by Crippen LogP contribution is -2.28. The third kappa shape index (κ3) is 8.21. The largest absolute Gasteiger partial charge is 0.320 e. The van der Waals surface area contributed by atoms with Crippen LogP contribution in [-0.2, 0) is 10.0 Å². The van der Waals surface area contributed by atoms with Gasteiger partial charge < -0.3 is 5.32 Å². The van der Waals surface area contributed by atoms with E-state index >= 15 is 0 Å². The van der Waals surface area contributed by atoms with Crippen LogP contribution in [0.15, 0.2) is 0 Å². The van der Waals surface area contributed by atoms with Crippen LogP contribution in [0.4, 0.5) is 0 Å². The second-order valence-corrected chi connectivity index (χ2v) is 4.95. The van der Waals surface area contributed by atoms with Gasteiger partial charge >= 0.3 is 0 Å². The average Bonchev–Trinajstić information content (AvgIpc) is 2.05. The van der Waals surface area contributed by atoms with E-state index in [-0.39, 0.29) is 5.75 Å². The van der Waals surface area contributed by atoms with Gasteiger partial charge in [-0.25, -0.2) is 13.1 Å². The van der Waals surface area contributed by atoms with Gasteiger partial charge in [-0.1, -0.05) is 13.3 Å². The molecule has 0 aliphatic heterocycles. The Morgan fingerprint density at radius 1 is 1.15 bits per heavy atom. The van der Waals surface area contributed by atoms with Crippen molar-refractivity contribution in [2.24, 2.45) is 0 Å². The summed E-state index contributed by atoms with van der Waals surface area (Å²) < 4.78 is 25.0. The van der Waals surface area contributed by atoms with Crippen LogP contribution < -0.4 is 10.0 Å². The molecule has 80 valence electrons. The lowest BCUT2D eigenvalue weighted by Gasteiger charge is -2.05. The predicted octanol–water partition coefficient (Wildman–Crippen LogP) is 0.315. The molecule has 0 saturated heterocycles. The minimum atomic E-state index is -3.02. The van der Waals surface area contributed by atoms with Gasteiger partial charge in [-0.15, -0.1) is 0 Å². The molecule has 0 heterocycles. The van der Waals surface area contributed by atoms with Gasteiger partial charge in [0.25, 0.3) is 0 Å². The summed E-state index contributed by atoms with van der Waals surface area (Å²) in [4.78, 5) is 0. The molecule has 0 aliphatic rings. The van der Waals surface area contributed by atoms with E-state index in [0.29, 0.717) is 13.0 Å². The van der Waals surface area contributed by atoms with Gasteiger partial charge in [-0.05, 0) is 26.4 Å². The fraction of sp³-hybridized carbons (Fsp3) is 1.00. The second kappa shape index (κ2) is 7.29. The molecular formula is C8H20N2O2S. The molecule has 0 fully saturated rings. The van der Waals surface area contributed by atoms with E-state index < -0.39 is 10.0 Å². The molecule has 0 unspecified atom stereocenters. The van der Waals surface area contributed by atoms with Crippen molar-refractivity contribution in [2.75, 3.05) is 25.9 Å². The normalized spacial score (nSPS) is 11.8. The molecule has 0 amide bonds. The molecule has 0 aromatic rings. The minimum absolute atomic E-state index is 0.220. The van der Waals surface area contributed by atoms with Crippen molar-refractivity contribution in [3.8, 4) is 0 Å². The van der Waals surface area contributed by atoms with Crippen LogP contribution in [0.1, 0.15) is 26.2 Å². The van der Waals surface area contributed by atoms with Crippen LogP contribution in [0.3, 0.4) is 0 Å². The van der Waals surface area contributed by atoms with Crippen LogP contribution in [-0.4, -0.2) is 34.3 Å². The minimum Gasteiger partial charge on any atom is -0.320 e. The first-order chi connectivity index (χ1) is 6.12. The highest BCUT2D eigenvalue weighted by Gasteiger charge is 2.07. The van der Waals surface area contributed by atoms with Crippen molar-refractivity contribution in [3.05, 3.63) is 0 Å². The van der Waals surface area contributed by atoms with E-state index in [4.69, 9.17) is 0 Å². The first-order valence-corrected chi connectivity index (χ1v) is 6.39. The predicted molar refractivity (Wildman–Crippen MR) is 55.2 cm³/mol. The van der Waals surface area contributed by atoms with Crippen molar-refractivity contribution >= 4 is 10.0 Å². The van der Waals surface area contributed by atoms with Gasteiger partial charge in [0.1, 0.15) is 0 Å². The van der Waals surface area contributed by atoms with Gasteiger partial charge in [0.2, 0.25) is 10.0 Å². The Labute approximate surface area is 81.2 Å². The summed E-state index contributed by atoms with van der Waals surface area (Å²) in [6, 6.07) is 0. The number of hydrogen-bond donors (Lipinski definition) is 2. The molecule has 0 aliphatic carbocycles. The van der Waals surface area contributed by atoms with E-state index in [0.717, 1.165) is 19.4 Å². The molecule has 0 rings (SSSR count). The summed E-state index contributed by atoms with van der Waals surface area (Å²) in [6.45, 7) is 3.35. The number of nitrogens with one attached hydrogen (secondary N) is 2. The molecule has 0 aromatic carbocycles. The Morgan fingerprint density at radius 3 is 2.38 bits per heavy atom. The van der Waals surface area contributed by atoms with Crippen LogP contribution >= 0.6 is 0 Å². The number of hydrogen-bond acceptors (Lipinski definition) is 3. The first-order valence-electron chi connectivity index (χ1n) is 4.74. The Bertz CT molecular complexity index is 186. The zero-order chi connectivity index (χ0) is 10.2. The summed E-state index contributed by atoms with van der Waals surface area (Å²) in [7, 11) is -1.20. The Hall–Kier alpha value is -0.130. The summed E-state index contributed by atoms with van der Waals surface area (Å²) >= 11 is 0. The van der Waals surface area contributed by atoms with Gasteiger partial charge in [-0.3, -0.25) is 0 Å². The lowest BCUT2D eigenvalue weighted by molar-refractivity contribution is 0.574. The monoisotopic (exact) mass is 208 g/mol. The SMILES string of the molecule is CCCCNS(=O)(=O)CCCNC. The first kappa shape index (κ1) is 12.9. The van der Waals surface area contributed by atoms with Crippen molar-refractivity contribution in [2.45, 2.75) is 26.2 Å². The zero-order valence-corrected chi connectivity index (χ0v) is 9.28. The van der Waals surface area contributed by atoms with Gasteiger partial charge in [-0.2, -0.15) is 0 Å². The highest BCUT2D eigenvalue weighted by Crippen LogP contribution is 1.90. The molecule has 4 nitrogen and oxygen atoms in total. The Balaban J connectivity index is 3.55. The Morgan fingerprint density at radius 2 is 1.85 bits per heavy atom. The summed E-state index contributed by atoms with van der Waals surface area (Å²) in [6.07, 6.45) is 2.59. The van der Waals surface area contributed by atoms with Crippen molar-refractivity contribution < 1.29 is 8.42 Å². The van der Waals surface area contributed by atoms with Crippen molar-refractivity contribution in [1.82, 2.24) is 10.0 Å². The summed E-state index contributed by atoms with van der Waals surface area (Å²) in [5.41, 5.74) is 0. The van der Waals surface area contributed by atoms with E-state index in [2.05, 4.69) is 10.0 Å². The smallest absolute Gasteiger partial charge is 0.211 e. The number of sulfonamides is 1. The molecule has 0 spiro atoms. The quantitative estimate of drug-likeness (QED) is 0.565. The van der Waals surface area contributed by atoms with Crippen LogP contribution in [0, 0.1) is 0 Å². The highest BCUT2D eigenvalue weighted by molar-refractivity contribution is 7.89. The third-order valence-corrected chi connectivity index (χ3v) is 3.16. The summed E-state index contributed by atoms with van der Waals surface area (Å²) in [5, 5.41) is 2.92. The van der Waals surface area contributed by atoms with Gasteiger partial charge in [0.15, 0.2) is 0 Å². The highest BCUT2D eigenvalue weighted by atomic mass is 32.2. The molecule has 0 aromatic heterocycles. The Kier molecular flexibility index (Phi) is 7.22. The van der Waals surface area contributed by atoms with E-state index in [1.54, 1.807) is 0 Å². The fourth-order valence-electron chi connectivity index (χ4n) is 0.916. The molecule has 0 atom stereocenters. The number of rotatable bonds is 8. The van der Waals surface area contributed by atoms with Crippen molar-refractivity contribution in [1.29, 1.82) is 0 Å². The standard InChI is InChI=1S/C8H20N2O2S/c1-3-4-7-10-13(11,12)8-5-6-9-2/h9-10H,3-8H2,1-2H3. The van der Waals surface area contributed by atoms with E-state index in [9.17, 15) is 8.42 Å². The molecule has 5 heteroatoms. The van der Waals surface area contributed by atoms with E-state index in [1.165, 1.54) is 0 Å². The topological polar surface area (TPSA) is 58.2 Å². The zero-order valence-electron chi connectivity index (χ0n) is 8.47. The molecule has 2 N–H and O–H groups in total. The second-order valence-electron chi connectivity index (χ2n) is 3.02. The van der Waals surface area contributed by atoms with Crippen LogP contribution in [0.2, 0.25) is 0 Å². The molecule has 0 radical (unpaired) electrons. The molecule has 0 bridgehead atoms.